The Labute approximate surface area is 169 Å². The van der Waals surface area contributed by atoms with E-state index in [4.69, 9.17) is 4.74 Å². The predicted molar refractivity (Wildman–Crippen MR) is 115 cm³/mol. The van der Waals surface area contributed by atoms with Gasteiger partial charge in [-0.05, 0) is 51.6 Å². The number of carbonyl (C=O) groups is 1. The lowest BCUT2D eigenvalue weighted by molar-refractivity contribution is 0.0578. The summed E-state index contributed by atoms with van der Waals surface area (Å²) < 4.78 is 6.60. The highest BCUT2D eigenvalue weighted by atomic mass is 32.1. The lowest BCUT2D eigenvalue weighted by Gasteiger charge is -2.27. The molecule has 5 nitrogen and oxygen atoms in total. The van der Waals surface area contributed by atoms with Crippen molar-refractivity contribution in [3.8, 4) is 0 Å². The number of hydrogen-bond acceptors (Lipinski definition) is 6. The highest BCUT2D eigenvalue weighted by Gasteiger charge is 2.27. The number of aryl methyl sites for hydroxylation is 2. The molecule has 7 heteroatoms. The van der Waals surface area contributed by atoms with Crippen LogP contribution in [0.1, 0.15) is 49.9 Å². The van der Waals surface area contributed by atoms with Crippen molar-refractivity contribution in [3.05, 3.63) is 39.0 Å². The van der Waals surface area contributed by atoms with Gasteiger partial charge in [-0.1, -0.05) is 19.9 Å². The minimum absolute atomic E-state index is 0.376. The van der Waals surface area contributed by atoms with Gasteiger partial charge in [0, 0.05) is 9.75 Å². The number of thiophene rings is 2. The molecule has 3 aromatic heterocycles. The first-order chi connectivity index (χ1) is 12.8. The molecule has 27 heavy (non-hydrogen) atoms. The van der Waals surface area contributed by atoms with E-state index in [0.717, 1.165) is 26.3 Å². The second-order valence-corrected chi connectivity index (χ2v) is 9.09. The van der Waals surface area contributed by atoms with Crippen molar-refractivity contribution in [3.63, 3.8) is 0 Å². The summed E-state index contributed by atoms with van der Waals surface area (Å²) in [5.74, 6) is 0. The molecule has 0 saturated carbocycles. The third-order valence-corrected chi connectivity index (χ3v) is 5.80. The summed E-state index contributed by atoms with van der Waals surface area (Å²) in [6, 6.07) is 3.99. The second kappa shape index (κ2) is 8.80. The average Bonchev–Trinajstić information content (AvgIpc) is 3.22. The quantitative estimate of drug-likeness (QED) is 0.510. The first kappa shape index (κ1) is 21.3. The van der Waals surface area contributed by atoms with E-state index in [-0.39, 0.29) is 6.09 Å². The van der Waals surface area contributed by atoms with Crippen LogP contribution in [-0.4, -0.2) is 21.9 Å². The highest BCUT2D eigenvalue weighted by Crippen LogP contribution is 2.36. The fraction of sp³-hybridized carbons (Fsp3) is 0.450. The second-order valence-electron chi connectivity index (χ2n) is 6.84. The van der Waals surface area contributed by atoms with Crippen molar-refractivity contribution in [2.75, 3.05) is 4.90 Å². The third kappa shape index (κ3) is 5.05. The van der Waals surface area contributed by atoms with E-state index in [1.807, 2.05) is 59.1 Å². The Kier molecular flexibility index (Phi) is 6.95. The van der Waals surface area contributed by atoms with Crippen LogP contribution in [-0.2, 0) is 11.3 Å². The molecule has 3 aromatic rings. The predicted octanol–water partition coefficient (Wildman–Crippen LogP) is 6.34. The fourth-order valence-electron chi connectivity index (χ4n) is 2.42. The van der Waals surface area contributed by atoms with Crippen molar-refractivity contribution < 1.29 is 9.53 Å². The van der Waals surface area contributed by atoms with Crippen LogP contribution in [0.3, 0.4) is 0 Å². The number of rotatable bonds is 3. The van der Waals surface area contributed by atoms with Gasteiger partial charge in [0.1, 0.15) is 11.1 Å². The Balaban J connectivity index is 0.00000126. The van der Waals surface area contributed by atoms with Gasteiger partial charge in [-0.2, -0.15) is 5.10 Å². The van der Waals surface area contributed by atoms with Crippen molar-refractivity contribution in [1.29, 1.82) is 0 Å². The van der Waals surface area contributed by atoms with Crippen molar-refractivity contribution in [2.45, 2.75) is 60.6 Å². The summed E-state index contributed by atoms with van der Waals surface area (Å²) in [5, 5.41) is 10.4. The molecule has 0 aliphatic carbocycles. The van der Waals surface area contributed by atoms with Crippen LogP contribution in [0.2, 0.25) is 0 Å². The maximum atomic E-state index is 12.9. The van der Waals surface area contributed by atoms with Gasteiger partial charge in [0.2, 0.25) is 0 Å². The van der Waals surface area contributed by atoms with E-state index >= 15 is 0 Å². The SMILES string of the molecule is CC.Cc1sc2c(N(Cc3cccs3)C(=O)OC(C)(C)C)cnnc2c1C. The maximum Gasteiger partial charge on any atom is 0.415 e. The molecule has 0 radical (unpaired) electrons. The van der Waals surface area contributed by atoms with E-state index in [1.54, 1.807) is 33.8 Å². The van der Waals surface area contributed by atoms with Crippen LogP contribution in [0.25, 0.3) is 10.2 Å². The molecule has 0 aromatic carbocycles. The van der Waals surface area contributed by atoms with E-state index in [1.165, 1.54) is 4.88 Å². The molecular formula is C20H27N3O2S2. The topological polar surface area (TPSA) is 55.3 Å². The van der Waals surface area contributed by atoms with Crippen LogP contribution in [0.4, 0.5) is 10.5 Å². The Morgan fingerprint density at radius 3 is 2.56 bits per heavy atom. The smallest absolute Gasteiger partial charge is 0.415 e. The molecule has 3 heterocycles. The van der Waals surface area contributed by atoms with Gasteiger partial charge in [0.05, 0.1) is 23.1 Å². The lowest BCUT2D eigenvalue weighted by Crippen LogP contribution is -2.36. The third-order valence-electron chi connectivity index (χ3n) is 3.72. The number of nitrogens with zero attached hydrogens (tertiary/aromatic N) is 3. The molecular weight excluding hydrogens is 378 g/mol. The van der Waals surface area contributed by atoms with Crippen LogP contribution in [0.15, 0.2) is 23.7 Å². The summed E-state index contributed by atoms with van der Waals surface area (Å²) in [6.45, 7) is 14.1. The van der Waals surface area contributed by atoms with Gasteiger partial charge in [-0.15, -0.1) is 27.8 Å². The molecule has 0 aliphatic heterocycles. The fourth-order valence-corrected chi connectivity index (χ4v) is 4.23. The molecule has 146 valence electrons. The zero-order chi connectivity index (χ0) is 20.2. The molecule has 1 amide bonds. The van der Waals surface area contributed by atoms with Gasteiger partial charge < -0.3 is 4.74 Å². The van der Waals surface area contributed by atoms with Crippen molar-refractivity contribution in [1.82, 2.24) is 10.2 Å². The standard InChI is InChI=1S/C18H21N3O2S2.C2H6/c1-11-12(2)25-16-14(9-19-20-15(11)16)21(10-13-7-6-8-24-13)17(22)23-18(3,4)5;1-2/h6-9H,10H2,1-5H3;1-2H3. The van der Waals surface area contributed by atoms with Crippen LogP contribution in [0.5, 0.6) is 0 Å². The van der Waals surface area contributed by atoms with Gasteiger partial charge in [-0.3, -0.25) is 4.90 Å². The summed E-state index contributed by atoms with van der Waals surface area (Å²) in [5.41, 5.74) is 2.13. The van der Waals surface area contributed by atoms with Crippen LogP contribution >= 0.6 is 22.7 Å². The van der Waals surface area contributed by atoms with Gasteiger partial charge in [0.25, 0.3) is 0 Å². The summed E-state index contributed by atoms with van der Waals surface area (Å²) in [7, 11) is 0. The van der Waals surface area contributed by atoms with E-state index in [0.29, 0.717) is 6.54 Å². The molecule has 0 aliphatic rings. The summed E-state index contributed by atoms with van der Waals surface area (Å²) in [6.07, 6.45) is 1.27. The number of amides is 1. The first-order valence-electron chi connectivity index (χ1n) is 9.00. The number of hydrogen-bond donors (Lipinski definition) is 0. The highest BCUT2D eigenvalue weighted by molar-refractivity contribution is 7.19. The molecule has 0 spiro atoms. The van der Waals surface area contributed by atoms with E-state index in [9.17, 15) is 4.79 Å². The molecule has 0 unspecified atom stereocenters. The summed E-state index contributed by atoms with van der Waals surface area (Å²) in [4.78, 5) is 16.8. The molecule has 0 saturated heterocycles. The Morgan fingerprint density at radius 1 is 1.26 bits per heavy atom. The maximum absolute atomic E-state index is 12.9. The summed E-state index contributed by atoms with van der Waals surface area (Å²) >= 11 is 3.25. The molecule has 0 N–H and O–H groups in total. The number of carbonyl (C=O) groups excluding carboxylic acids is 1. The van der Waals surface area contributed by atoms with Crippen molar-refractivity contribution in [2.24, 2.45) is 0 Å². The molecule has 0 fully saturated rings. The normalized spacial score (nSPS) is 11.1. The van der Waals surface area contributed by atoms with Crippen molar-refractivity contribution >= 4 is 44.7 Å². The zero-order valence-corrected chi connectivity index (χ0v) is 18.6. The number of aromatic nitrogens is 2. The molecule has 0 atom stereocenters. The number of ether oxygens (including phenoxy) is 1. The first-order valence-corrected chi connectivity index (χ1v) is 10.7. The van der Waals surface area contributed by atoms with Gasteiger partial charge in [-0.25, -0.2) is 4.79 Å². The lowest BCUT2D eigenvalue weighted by atomic mass is 10.2. The van der Waals surface area contributed by atoms with Gasteiger partial charge in [0.15, 0.2) is 0 Å². The van der Waals surface area contributed by atoms with Crippen LogP contribution < -0.4 is 4.90 Å². The zero-order valence-electron chi connectivity index (χ0n) is 17.0. The van der Waals surface area contributed by atoms with Gasteiger partial charge >= 0.3 is 6.09 Å². The minimum atomic E-state index is -0.564. The minimum Gasteiger partial charge on any atom is -0.443 e. The van der Waals surface area contributed by atoms with E-state index < -0.39 is 5.60 Å². The van der Waals surface area contributed by atoms with Crippen LogP contribution in [0, 0.1) is 13.8 Å². The Bertz CT molecular complexity index is 896. The van der Waals surface area contributed by atoms with E-state index in [2.05, 4.69) is 17.1 Å². The average molecular weight is 406 g/mol. The molecule has 0 bridgehead atoms. The Morgan fingerprint density at radius 2 is 1.96 bits per heavy atom. The number of fused-ring (bicyclic) bond motifs is 1. The molecule has 3 rings (SSSR count). The monoisotopic (exact) mass is 405 g/mol. The Hall–Kier alpha value is -1.99. The number of anilines is 1. The largest absolute Gasteiger partial charge is 0.443 e.